The molecule has 0 N–H and O–H groups in total. The molecule has 0 aliphatic carbocycles. The van der Waals surface area contributed by atoms with Gasteiger partial charge in [-0.25, -0.2) is 0 Å². The van der Waals surface area contributed by atoms with E-state index in [1.165, 1.54) is 4.35 Å². The molecule has 1 unspecified atom stereocenters. The topological polar surface area (TPSA) is 3.24 Å². The molecule has 0 spiro atoms. The molecule has 10 heavy (non-hydrogen) atoms. The maximum absolute atomic E-state index is 2.29. The van der Waals surface area contributed by atoms with Gasteiger partial charge in [-0.2, -0.15) is 0 Å². The Kier molecular flexibility index (Phi) is 2.98. The summed E-state index contributed by atoms with van der Waals surface area (Å²) in [4.78, 5) is 0. The minimum absolute atomic E-state index is 0.0261. The van der Waals surface area contributed by atoms with E-state index in [-0.39, 0.29) is 16.0 Å². The van der Waals surface area contributed by atoms with Crippen molar-refractivity contribution in [1.29, 1.82) is 0 Å². The third-order valence-corrected chi connectivity index (χ3v) is 3.31. The van der Waals surface area contributed by atoms with E-state index in [0.717, 1.165) is 0 Å². The number of hydrogen-bond acceptors (Lipinski definition) is 1. The molecule has 54 valence electrons. The molecule has 0 radical (unpaired) electrons. The SMILES string of the molecule is CN(C)[AsH]c1ccccc1. The van der Waals surface area contributed by atoms with Crippen molar-refractivity contribution in [2.24, 2.45) is 0 Å². The van der Waals surface area contributed by atoms with E-state index in [1.54, 1.807) is 0 Å². The van der Waals surface area contributed by atoms with E-state index in [2.05, 4.69) is 48.2 Å². The van der Waals surface area contributed by atoms with Crippen molar-refractivity contribution in [1.82, 2.24) is 3.82 Å². The zero-order chi connectivity index (χ0) is 7.40. The summed E-state index contributed by atoms with van der Waals surface area (Å²) in [7, 11) is 4.26. The molecule has 1 aromatic rings. The summed E-state index contributed by atoms with van der Waals surface area (Å²) in [5, 5.41) is 0. The van der Waals surface area contributed by atoms with Crippen LogP contribution in [0.3, 0.4) is 0 Å². The fourth-order valence-corrected chi connectivity index (χ4v) is 2.57. The first-order valence-electron chi connectivity index (χ1n) is 3.28. The van der Waals surface area contributed by atoms with Crippen molar-refractivity contribution in [3.8, 4) is 0 Å². The molecule has 0 amide bonds. The van der Waals surface area contributed by atoms with Crippen LogP contribution in [0.1, 0.15) is 0 Å². The molecule has 0 fully saturated rings. The summed E-state index contributed by atoms with van der Waals surface area (Å²) in [6, 6.07) is 10.6. The Labute approximate surface area is 69.0 Å². The van der Waals surface area contributed by atoms with E-state index >= 15 is 0 Å². The summed E-state index contributed by atoms with van der Waals surface area (Å²) in [6.45, 7) is 0. The van der Waals surface area contributed by atoms with Crippen molar-refractivity contribution in [2.75, 3.05) is 14.1 Å². The van der Waals surface area contributed by atoms with Crippen LogP contribution in [0.2, 0.25) is 0 Å². The first kappa shape index (κ1) is 7.84. The van der Waals surface area contributed by atoms with Crippen molar-refractivity contribution in [2.45, 2.75) is 0 Å². The molecule has 0 aliphatic heterocycles. The number of benzene rings is 1. The standard InChI is InChI=1S/C8H12AsN/c1-10(2)9-8-6-4-3-5-7-8/h3-7,9H,1-2H3. The quantitative estimate of drug-likeness (QED) is 0.613. The van der Waals surface area contributed by atoms with Gasteiger partial charge in [-0.15, -0.1) is 0 Å². The van der Waals surface area contributed by atoms with Gasteiger partial charge in [0.15, 0.2) is 0 Å². The fraction of sp³-hybridized carbons (Fsp3) is 0.250. The molecule has 1 nitrogen and oxygen atoms in total. The van der Waals surface area contributed by atoms with Crippen LogP contribution in [0.5, 0.6) is 0 Å². The van der Waals surface area contributed by atoms with E-state index in [9.17, 15) is 0 Å². The number of rotatable bonds is 2. The summed E-state index contributed by atoms with van der Waals surface area (Å²) >= 11 is -0.0261. The van der Waals surface area contributed by atoms with Crippen LogP contribution in [0.25, 0.3) is 0 Å². The van der Waals surface area contributed by atoms with Crippen molar-refractivity contribution in [3.63, 3.8) is 0 Å². The molecule has 0 bridgehead atoms. The van der Waals surface area contributed by atoms with Crippen molar-refractivity contribution in [3.05, 3.63) is 30.3 Å². The van der Waals surface area contributed by atoms with Gasteiger partial charge < -0.3 is 0 Å². The third kappa shape index (κ3) is 2.55. The Bertz CT molecular complexity index is 184. The van der Waals surface area contributed by atoms with Gasteiger partial charge in [0.2, 0.25) is 0 Å². The van der Waals surface area contributed by atoms with Crippen molar-refractivity contribution < 1.29 is 0 Å². The van der Waals surface area contributed by atoms with E-state index in [4.69, 9.17) is 0 Å². The molecule has 0 aromatic heterocycles. The number of hydrogen-bond donors (Lipinski definition) is 0. The minimum atomic E-state index is -0.0261. The number of nitrogens with zero attached hydrogens (tertiary/aromatic N) is 1. The zero-order valence-corrected chi connectivity index (χ0v) is 8.43. The normalized spacial score (nSPS) is 11.5. The van der Waals surface area contributed by atoms with Crippen LogP contribution in [-0.4, -0.2) is 33.9 Å². The van der Waals surface area contributed by atoms with Crippen LogP contribution in [0.4, 0.5) is 0 Å². The molecular weight excluding hydrogens is 185 g/mol. The predicted octanol–water partition coefficient (Wildman–Crippen LogP) is 0.225. The summed E-state index contributed by atoms with van der Waals surface area (Å²) < 4.78 is 3.78. The average Bonchev–Trinajstić information content (AvgIpc) is 1.88. The monoisotopic (exact) mass is 197 g/mol. The second kappa shape index (κ2) is 3.80. The molecule has 2 heteroatoms. The van der Waals surface area contributed by atoms with Gasteiger partial charge in [0.05, 0.1) is 0 Å². The van der Waals surface area contributed by atoms with Gasteiger partial charge in [-0.05, 0) is 0 Å². The van der Waals surface area contributed by atoms with Crippen LogP contribution in [0.15, 0.2) is 30.3 Å². The Morgan fingerprint density at radius 2 is 1.70 bits per heavy atom. The van der Waals surface area contributed by atoms with Gasteiger partial charge in [-0.3, -0.25) is 0 Å². The Hall–Kier alpha value is -0.262. The van der Waals surface area contributed by atoms with Crippen LogP contribution in [-0.2, 0) is 0 Å². The summed E-state index contributed by atoms with van der Waals surface area (Å²) in [6.07, 6.45) is 0. The van der Waals surface area contributed by atoms with E-state index in [0.29, 0.717) is 0 Å². The molecule has 0 saturated heterocycles. The molecular formula is C8H12AsN. The second-order valence-corrected chi connectivity index (χ2v) is 5.93. The molecule has 1 aromatic carbocycles. The van der Waals surface area contributed by atoms with Gasteiger partial charge in [0, 0.05) is 0 Å². The average molecular weight is 197 g/mol. The molecule has 1 atom stereocenters. The first-order valence-corrected chi connectivity index (χ1v) is 5.27. The summed E-state index contributed by atoms with van der Waals surface area (Å²) in [5.74, 6) is 0. The van der Waals surface area contributed by atoms with Gasteiger partial charge >= 0.3 is 68.6 Å². The first-order chi connectivity index (χ1) is 4.79. The van der Waals surface area contributed by atoms with E-state index < -0.39 is 0 Å². The summed E-state index contributed by atoms with van der Waals surface area (Å²) in [5.41, 5.74) is 0. The van der Waals surface area contributed by atoms with Crippen LogP contribution in [0, 0.1) is 0 Å². The Balaban J connectivity index is 2.59. The van der Waals surface area contributed by atoms with E-state index in [1.807, 2.05) is 0 Å². The van der Waals surface area contributed by atoms with Crippen molar-refractivity contribution >= 4 is 20.3 Å². The molecule has 0 saturated carbocycles. The Morgan fingerprint density at radius 3 is 2.20 bits per heavy atom. The molecule has 1 rings (SSSR count). The van der Waals surface area contributed by atoms with Crippen LogP contribution >= 0.6 is 0 Å². The second-order valence-electron chi connectivity index (χ2n) is 2.37. The third-order valence-electron chi connectivity index (χ3n) is 1.13. The maximum atomic E-state index is 2.29. The van der Waals surface area contributed by atoms with Gasteiger partial charge in [0.1, 0.15) is 0 Å². The Morgan fingerprint density at radius 1 is 1.10 bits per heavy atom. The molecule has 0 heterocycles. The van der Waals surface area contributed by atoms with Gasteiger partial charge in [0.25, 0.3) is 0 Å². The molecule has 0 aliphatic rings. The van der Waals surface area contributed by atoms with Gasteiger partial charge in [-0.1, -0.05) is 0 Å². The fourth-order valence-electron chi connectivity index (χ4n) is 0.771. The van der Waals surface area contributed by atoms with Crippen LogP contribution < -0.4 is 4.35 Å². The zero-order valence-electron chi connectivity index (χ0n) is 6.33. The predicted molar refractivity (Wildman–Crippen MR) is 46.9 cm³/mol.